The average molecular weight is 870 g/mol. The highest BCUT2D eigenvalue weighted by Gasteiger charge is 2.68. The van der Waals surface area contributed by atoms with Gasteiger partial charge in [0.1, 0.15) is 6.10 Å². The number of fused-ring (bicyclic) bond motifs is 7. The Hall–Kier alpha value is -1.80. The van der Waals surface area contributed by atoms with Crippen molar-refractivity contribution in [1.82, 2.24) is 10.2 Å². The van der Waals surface area contributed by atoms with Gasteiger partial charge in [0.15, 0.2) is 14.2 Å². The van der Waals surface area contributed by atoms with Crippen molar-refractivity contribution in [3.63, 3.8) is 0 Å². The van der Waals surface area contributed by atoms with E-state index in [9.17, 15) is 14.7 Å². The summed E-state index contributed by atoms with van der Waals surface area (Å²) in [6.07, 6.45) is 15.7. The second-order valence-corrected chi connectivity index (χ2v) is 23.3. The number of amides is 2. The van der Waals surface area contributed by atoms with Crippen LogP contribution in [0, 0.1) is 69.5 Å². The molecule has 3 saturated carbocycles. The Balaban J connectivity index is 0.821. The van der Waals surface area contributed by atoms with Crippen molar-refractivity contribution in [3.05, 3.63) is 11.6 Å². The van der Waals surface area contributed by atoms with Crippen LogP contribution in [0.25, 0.3) is 0 Å². The number of hydrogen-bond donors (Lipinski definition) is 2. The molecular weight excluding hydrogens is 790 g/mol. The van der Waals surface area contributed by atoms with Gasteiger partial charge in [-0.3, -0.25) is 4.79 Å². The lowest BCUT2D eigenvalue weighted by Gasteiger charge is -2.58. The van der Waals surface area contributed by atoms with Crippen LogP contribution >= 0.6 is 8.38 Å². The number of alkyl carbamates (subject to hydrolysis) is 1. The van der Waals surface area contributed by atoms with E-state index >= 15 is 0 Å². The lowest BCUT2D eigenvalue weighted by Crippen LogP contribution is -2.52. The lowest BCUT2D eigenvalue weighted by atomic mass is 9.47. The highest BCUT2D eigenvalue weighted by atomic mass is 31.2. The van der Waals surface area contributed by atoms with Crippen LogP contribution < -0.4 is 5.32 Å². The Morgan fingerprint density at radius 2 is 1.82 bits per heavy atom. The number of nitriles is 1. The van der Waals surface area contributed by atoms with E-state index in [1.54, 1.807) is 4.90 Å². The molecule has 0 radical (unpaired) electrons. The molecule has 3 aliphatic heterocycles. The number of aliphatic hydroxyl groups excluding tert-OH is 1. The minimum absolute atomic E-state index is 0.0261. The predicted molar refractivity (Wildman–Crippen MR) is 237 cm³/mol. The Bertz CT molecular complexity index is 1590. The maximum atomic E-state index is 13.3. The molecular formula is C49H80N3O8P. The zero-order valence-corrected chi connectivity index (χ0v) is 39.8. The van der Waals surface area contributed by atoms with Crippen LogP contribution in [0.1, 0.15) is 152 Å². The molecule has 2 amide bonds. The highest BCUT2D eigenvalue weighted by Crippen LogP contribution is 2.70. The predicted octanol–water partition coefficient (Wildman–Crippen LogP) is 9.91. The van der Waals surface area contributed by atoms with Gasteiger partial charge in [0.05, 0.1) is 50.6 Å². The molecule has 0 aromatic carbocycles. The van der Waals surface area contributed by atoms with Gasteiger partial charge in [-0.1, -0.05) is 73.5 Å². The fourth-order valence-electron chi connectivity index (χ4n) is 14.1. The summed E-state index contributed by atoms with van der Waals surface area (Å²) in [5.74, 6) is 4.06. The molecule has 6 fully saturated rings. The molecule has 11 nitrogen and oxygen atoms in total. The van der Waals surface area contributed by atoms with E-state index in [1.807, 2.05) is 0 Å². The van der Waals surface area contributed by atoms with Crippen LogP contribution in [0.4, 0.5) is 4.79 Å². The van der Waals surface area contributed by atoms with Crippen molar-refractivity contribution < 1.29 is 38.0 Å². The van der Waals surface area contributed by atoms with Crippen LogP contribution in [-0.4, -0.2) is 90.7 Å². The number of carbonyl (C=O) groups excluding carboxylic acids is 2. The zero-order valence-electron chi connectivity index (χ0n) is 38.9. The summed E-state index contributed by atoms with van der Waals surface area (Å²) >= 11 is 0. The summed E-state index contributed by atoms with van der Waals surface area (Å²) in [6.45, 7) is 20.5. The molecule has 1 spiro atoms. The van der Waals surface area contributed by atoms with E-state index in [0.29, 0.717) is 104 Å². The van der Waals surface area contributed by atoms with Crippen molar-refractivity contribution in [2.75, 3.05) is 32.9 Å². The Kier molecular flexibility index (Phi) is 15.3. The van der Waals surface area contributed by atoms with Crippen molar-refractivity contribution in [2.24, 2.45) is 58.2 Å². The number of likely N-dealkylation sites (tertiary alicyclic amines) is 1. The fraction of sp³-hybridized carbons (Fsp3) is 0.898. The number of hydrogen-bond acceptors (Lipinski definition) is 9. The van der Waals surface area contributed by atoms with Gasteiger partial charge < -0.3 is 38.6 Å². The van der Waals surface area contributed by atoms with Gasteiger partial charge in [0, 0.05) is 43.9 Å². The minimum Gasteiger partial charge on any atom is -0.446 e. The smallest absolute Gasteiger partial charge is 0.407 e. The third-order valence-electron chi connectivity index (χ3n) is 17.1. The molecule has 3 heterocycles. The number of unbranched alkanes of at least 4 members (excludes halogenated alkanes) is 2. The standard InChI is InChI=1S/C49H80N3O8P/c1-31(2)45(32(3)4)61(57-24-12-22-50)60-38-26-36(29-53)52(28-38)43(54)13-10-9-11-23-51-46(55)58-37-17-19-47(7)35(25-37)14-15-39-40(47)18-20-48(8)41(39)27-42-44(48)34(6)49(59-42)21-16-33(5)30-56-49/h14,31-34,36-42,44-45,53H,9-13,15-21,23-30H2,1-8H3,(H,51,55)/t33-,34+,36+,37+,38-,39-,40+,41+,42+,44+,47+,48+,49-,61?/m1/s1. The van der Waals surface area contributed by atoms with Crippen LogP contribution in [-0.2, 0) is 28.1 Å². The second-order valence-electron chi connectivity index (χ2n) is 21.6. The number of aliphatic hydroxyl groups is 1. The van der Waals surface area contributed by atoms with E-state index < -0.39 is 8.38 Å². The third-order valence-corrected chi connectivity index (χ3v) is 19.8. The number of rotatable bonds is 16. The Morgan fingerprint density at radius 3 is 2.52 bits per heavy atom. The van der Waals surface area contributed by atoms with E-state index in [4.69, 9.17) is 28.5 Å². The Morgan fingerprint density at radius 1 is 1.03 bits per heavy atom. The third kappa shape index (κ3) is 9.62. The number of nitrogens with zero attached hydrogens (tertiary/aromatic N) is 2. The van der Waals surface area contributed by atoms with Gasteiger partial charge in [0.25, 0.3) is 0 Å². The number of allylic oxidation sites excluding steroid dienone is 1. The first-order valence-electron chi connectivity index (χ1n) is 24.5. The van der Waals surface area contributed by atoms with E-state index in [2.05, 4.69) is 72.9 Å². The Labute approximate surface area is 369 Å². The monoisotopic (exact) mass is 870 g/mol. The normalized spacial score (nSPS) is 39.7. The molecule has 3 saturated heterocycles. The van der Waals surface area contributed by atoms with Gasteiger partial charge in [-0.25, -0.2) is 4.79 Å². The molecule has 12 heteroatoms. The second kappa shape index (κ2) is 19.7. The number of carbonyl (C=O) groups is 2. The molecule has 0 bridgehead atoms. The first kappa shape index (κ1) is 47.2. The minimum atomic E-state index is -1.26. The summed E-state index contributed by atoms with van der Waals surface area (Å²) < 4.78 is 32.3. The van der Waals surface area contributed by atoms with Gasteiger partial charge in [-0.15, -0.1) is 0 Å². The van der Waals surface area contributed by atoms with Gasteiger partial charge >= 0.3 is 6.09 Å². The zero-order chi connectivity index (χ0) is 43.7. The van der Waals surface area contributed by atoms with E-state index in [-0.39, 0.29) is 53.7 Å². The summed E-state index contributed by atoms with van der Waals surface area (Å²) in [4.78, 5) is 28.1. The van der Waals surface area contributed by atoms with Gasteiger partial charge in [-0.2, -0.15) is 5.26 Å². The molecule has 4 aliphatic carbocycles. The highest BCUT2D eigenvalue weighted by molar-refractivity contribution is 7.48. The summed E-state index contributed by atoms with van der Waals surface area (Å²) in [5, 5.41) is 22.2. The van der Waals surface area contributed by atoms with Crippen LogP contribution in [0.3, 0.4) is 0 Å². The number of nitrogens with one attached hydrogen (secondary N) is 1. The maximum absolute atomic E-state index is 13.3. The largest absolute Gasteiger partial charge is 0.446 e. The summed E-state index contributed by atoms with van der Waals surface area (Å²) in [6, 6.07) is 1.88. The lowest BCUT2D eigenvalue weighted by molar-refractivity contribution is -0.272. The van der Waals surface area contributed by atoms with Crippen molar-refractivity contribution >= 4 is 20.4 Å². The van der Waals surface area contributed by atoms with E-state index in [1.165, 1.54) is 31.3 Å². The average Bonchev–Trinajstić information content (AvgIpc) is 3.85. The van der Waals surface area contributed by atoms with Gasteiger partial charge in [0.2, 0.25) is 5.91 Å². The van der Waals surface area contributed by atoms with Crippen molar-refractivity contribution in [2.45, 2.75) is 188 Å². The van der Waals surface area contributed by atoms with E-state index in [0.717, 1.165) is 51.6 Å². The van der Waals surface area contributed by atoms with Crippen LogP contribution in [0.15, 0.2) is 11.6 Å². The van der Waals surface area contributed by atoms with Crippen molar-refractivity contribution in [1.29, 1.82) is 5.26 Å². The van der Waals surface area contributed by atoms with Gasteiger partial charge in [-0.05, 0) is 116 Å². The molecule has 0 aromatic heterocycles. The molecule has 7 rings (SSSR count). The first-order valence-corrected chi connectivity index (χ1v) is 25.7. The SMILES string of the molecule is CC(C)C(C(C)C)P(OCCC#N)O[C@@H]1C[C@@H](CO)N(C(=O)CCCCCNC(=O)O[C@H]2CC[C@@]3(C)C(=CC[C@H]4[C@@H]5C[C@@H]6O[C@]7(CC[C@@H](C)CO7)[C@@H](C)[C@@H]6[C@@]5(C)CC[C@@H]43)C2)C1. The van der Waals surface area contributed by atoms with Crippen LogP contribution in [0.2, 0.25) is 0 Å². The molecule has 344 valence electrons. The molecule has 61 heavy (non-hydrogen) atoms. The molecule has 2 N–H and O–H groups in total. The maximum Gasteiger partial charge on any atom is 0.407 e. The van der Waals surface area contributed by atoms with Crippen LogP contribution in [0.5, 0.6) is 0 Å². The molecule has 0 aromatic rings. The molecule has 1 unspecified atom stereocenters. The quantitative estimate of drug-likeness (QED) is 0.0882. The summed E-state index contributed by atoms with van der Waals surface area (Å²) in [7, 11) is -1.26. The topological polar surface area (TPSA) is 140 Å². The molecule has 14 atom stereocenters. The van der Waals surface area contributed by atoms with Crippen molar-refractivity contribution in [3.8, 4) is 6.07 Å². The molecule has 7 aliphatic rings. The number of ether oxygens (including phenoxy) is 3. The fourth-order valence-corrected chi connectivity index (χ4v) is 16.1. The summed E-state index contributed by atoms with van der Waals surface area (Å²) in [5.41, 5.74) is 2.19. The first-order chi connectivity index (χ1) is 29.1.